The molecule has 0 aliphatic carbocycles. The zero-order chi connectivity index (χ0) is 12.0. The van der Waals surface area contributed by atoms with E-state index in [-0.39, 0.29) is 25.0 Å². The maximum atomic E-state index is 11.5. The van der Waals surface area contributed by atoms with Crippen LogP contribution in [0.5, 0.6) is 0 Å². The molecule has 1 aromatic carbocycles. The molecule has 1 aromatic rings. The summed E-state index contributed by atoms with van der Waals surface area (Å²) < 4.78 is 0. The quantitative estimate of drug-likeness (QED) is 0.683. The lowest BCUT2D eigenvalue weighted by Gasteiger charge is -1.99. The Morgan fingerprint density at radius 1 is 0.938 bits per heavy atom. The fourth-order valence-corrected chi connectivity index (χ4v) is 1.31. The Morgan fingerprint density at radius 3 is 2.12 bits per heavy atom. The van der Waals surface area contributed by atoms with E-state index >= 15 is 0 Å². The van der Waals surface area contributed by atoms with Gasteiger partial charge in [-0.25, -0.2) is 0 Å². The van der Waals surface area contributed by atoms with Crippen LogP contribution in [-0.4, -0.2) is 17.3 Å². The van der Waals surface area contributed by atoms with Crippen LogP contribution in [0.15, 0.2) is 30.3 Å². The van der Waals surface area contributed by atoms with Gasteiger partial charge in [0, 0.05) is 19.3 Å². The highest BCUT2D eigenvalue weighted by atomic mass is 16.2. The topological polar surface area (TPSA) is 51.2 Å². The van der Waals surface area contributed by atoms with Crippen LogP contribution < -0.4 is 0 Å². The van der Waals surface area contributed by atoms with Crippen LogP contribution in [0.4, 0.5) is 0 Å². The Labute approximate surface area is 94.5 Å². The number of carbonyl (C=O) groups excluding carboxylic acids is 3. The molecule has 0 bridgehead atoms. The SMILES string of the molecule is CC(=O)CCC(=O)C(=O)Cc1ccccc1. The highest BCUT2D eigenvalue weighted by Crippen LogP contribution is 2.02. The molecular formula is C13H14O3. The highest BCUT2D eigenvalue weighted by molar-refractivity contribution is 6.37. The largest absolute Gasteiger partial charge is 0.300 e. The third kappa shape index (κ3) is 4.17. The van der Waals surface area contributed by atoms with Gasteiger partial charge in [-0.15, -0.1) is 0 Å². The summed E-state index contributed by atoms with van der Waals surface area (Å²) in [6.45, 7) is 1.41. The molecule has 0 aliphatic rings. The molecule has 0 N–H and O–H groups in total. The molecule has 0 saturated heterocycles. The van der Waals surface area contributed by atoms with Crippen molar-refractivity contribution in [1.29, 1.82) is 0 Å². The molecule has 1 rings (SSSR count). The lowest BCUT2D eigenvalue weighted by molar-refractivity contribution is -0.136. The number of ketones is 3. The molecule has 0 aromatic heterocycles. The van der Waals surface area contributed by atoms with E-state index in [1.807, 2.05) is 18.2 Å². The minimum absolute atomic E-state index is 0.0288. The Hall–Kier alpha value is -1.77. The van der Waals surface area contributed by atoms with Gasteiger partial charge in [-0.2, -0.15) is 0 Å². The van der Waals surface area contributed by atoms with E-state index in [4.69, 9.17) is 0 Å². The molecule has 0 saturated carbocycles. The molecule has 0 amide bonds. The van der Waals surface area contributed by atoms with E-state index in [1.54, 1.807) is 12.1 Å². The summed E-state index contributed by atoms with van der Waals surface area (Å²) in [4.78, 5) is 33.5. The molecule has 0 heterocycles. The van der Waals surface area contributed by atoms with E-state index in [9.17, 15) is 14.4 Å². The number of Topliss-reactive ketones (excluding diaryl/α,β-unsaturated/α-hetero) is 3. The van der Waals surface area contributed by atoms with Crippen molar-refractivity contribution in [2.75, 3.05) is 0 Å². The number of carbonyl (C=O) groups is 3. The second-order valence-corrected chi connectivity index (χ2v) is 3.71. The fraction of sp³-hybridized carbons (Fsp3) is 0.308. The van der Waals surface area contributed by atoms with Crippen molar-refractivity contribution < 1.29 is 14.4 Å². The lowest BCUT2D eigenvalue weighted by atomic mass is 10.0. The average molecular weight is 218 g/mol. The zero-order valence-electron chi connectivity index (χ0n) is 9.23. The van der Waals surface area contributed by atoms with E-state index in [0.717, 1.165) is 5.56 Å². The van der Waals surface area contributed by atoms with E-state index < -0.39 is 11.6 Å². The highest BCUT2D eigenvalue weighted by Gasteiger charge is 2.14. The third-order valence-corrected chi connectivity index (χ3v) is 2.22. The molecule has 3 nitrogen and oxygen atoms in total. The summed E-state index contributed by atoms with van der Waals surface area (Å²) in [5.41, 5.74) is 0.823. The lowest BCUT2D eigenvalue weighted by Crippen LogP contribution is -2.17. The minimum atomic E-state index is -0.459. The van der Waals surface area contributed by atoms with Crippen LogP contribution >= 0.6 is 0 Å². The second-order valence-electron chi connectivity index (χ2n) is 3.71. The van der Waals surface area contributed by atoms with Crippen LogP contribution in [-0.2, 0) is 20.8 Å². The van der Waals surface area contributed by atoms with Crippen LogP contribution in [0.25, 0.3) is 0 Å². The van der Waals surface area contributed by atoms with Crippen LogP contribution in [0.2, 0.25) is 0 Å². The predicted molar refractivity (Wildman–Crippen MR) is 60.1 cm³/mol. The summed E-state index contributed by atoms with van der Waals surface area (Å²) in [6, 6.07) is 9.10. The monoisotopic (exact) mass is 218 g/mol. The smallest absolute Gasteiger partial charge is 0.202 e. The van der Waals surface area contributed by atoms with Gasteiger partial charge in [-0.1, -0.05) is 30.3 Å². The van der Waals surface area contributed by atoms with Crippen molar-refractivity contribution in [2.24, 2.45) is 0 Å². The summed E-state index contributed by atoms with van der Waals surface area (Å²) in [6.07, 6.45) is 0.304. The van der Waals surface area contributed by atoms with Gasteiger partial charge in [-0.3, -0.25) is 9.59 Å². The molecule has 0 unspecified atom stereocenters. The van der Waals surface area contributed by atoms with Gasteiger partial charge in [0.25, 0.3) is 0 Å². The van der Waals surface area contributed by atoms with Crippen LogP contribution in [0.1, 0.15) is 25.3 Å². The van der Waals surface area contributed by atoms with E-state index in [1.165, 1.54) is 6.92 Å². The van der Waals surface area contributed by atoms with Crippen LogP contribution in [0.3, 0.4) is 0 Å². The molecule has 0 radical (unpaired) electrons. The minimum Gasteiger partial charge on any atom is -0.300 e. The summed E-state index contributed by atoms with van der Waals surface area (Å²) in [7, 11) is 0. The van der Waals surface area contributed by atoms with Gasteiger partial charge in [0.2, 0.25) is 5.78 Å². The first-order valence-electron chi connectivity index (χ1n) is 5.19. The van der Waals surface area contributed by atoms with Gasteiger partial charge < -0.3 is 4.79 Å². The molecule has 16 heavy (non-hydrogen) atoms. The molecule has 0 aliphatic heterocycles. The summed E-state index contributed by atoms with van der Waals surface area (Å²) in [5.74, 6) is -0.952. The van der Waals surface area contributed by atoms with Crippen LogP contribution in [0, 0.1) is 0 Å². The Kier molecular flexibility index (Phi) is 4.58. The van der Waals surface area contributed by atoms with Crippen molar-refractivity contribution in [3.63, 3.8) is 0 Å². The first kappa shape index (κ1) is 12.3. The Morgan fingerprint density at radius 2 is 1.56 bits per heavy atom. The number of benzene rings is 1. The van der Waals surface area contributed by atoms with Gasteiger partial charge in [0.1, 0.15) is 5.78 Å². The molecular weight excluding hydrogens is 204 g/mol. The van der Waals surface area contributed by atoms with E-state index in [2.05, 4.69) is 0 Å². The number of rotatable bonds is 6. The second kappa shape index (κ2) is 5.95. The van der Waals surface area contributed by atoms with E-state index in [0.29, 0.717) is 0 Å². The van der Waals surface area contributed by atoms with Gasteiger partial charge in [0.15, 0.2) is 5.78 Å². The average Bonchev–Trinajstić information content (AvgIpc) is 2.27. The van der Waals surface area contributed by atoms with Crippen molar-refractivity contribution >= 4 is 17.3 Å². The van der Waals surface area contributed by atoms with Gasteiger partial charge in [-0.05, 0) is 12.5 Å². The maximum Gasteiger partial charge on any atom is 0.202 e. The number of hydrogen-bond acceptors (Lipinski definition) is 3. The summed E-state index contributed by atoms with van der Waals surface area (Å²) in [5, 5.41) is 0. The molecule has 0 fully saturated rings. The van der Waals surface area contributed by atoms with Crippen molar-refractivity contribution in [2.45, 2.75) is 26.2 Å². The third-order valence-electron chi connectivity index (χ3n) is 2.22. The molecule has 3 heteroatoms. The molecule has 84 valence electrons. The number of hydrogen-bond donors (Lipinski definition) is 0. The molecule has 0 spiro atoms. The predicted octanol–water partition coefficient (Wildman–Crippen LogP) is 1.74. The van der Waals surface area contributed by atoms with Gasteiger partial charge in [0.05, 0.1) is 0 Å². The van der Waals surface area contributed by atoms with Crippen molar-refractivity contribution in [3.05, 3.63) is 35.9 Å². The summed E-state index contributed by atoms with van der Waals surface area (Å²) >= 11 is 0. The molecule has 0 atom stereocenters. The standard InChI is InChI=1S/C13H14O3/c1-10(14)7-8-12(15)13(16)9-11-5-3-2-4-6-11/h2-6H,7-9H2,1H3. The van der Waals surface area contributed by atoms with Gasteiger partial charge >= 0.3 is 0 Å². The normalized spacial score (nSPS) is 9.81. The van der Waals surface area contributed by atoms with Crippen molar-refractivity contribution in [3.8, 4) is 0 Å². The first-order chi connectivity index (χ1) is 7.59. The first-order valence-corrected chi connectivity index (χ1v) is 5.19. The Bertz CT molecular complexity index is 393. The fourth-order valence-electron chi connectivity index (χ4n) is 1.31. The maximum absolute atomic E-state index is 11.5. The Balaban J connectivity index is 2.46. The zero-order valence-corrected chi connectivity index (χ0v) is 9.23. The van der Waals surface area contributed by atoms with Crippen molar-refractivity contribution in [1.82, 2.24) is 0 Å².